The molecular weight excluding hydrogens is 292 g/mol. The normalized spacial score (nSPS) is 26.8. The Hall–Kier alpha value is -1.88. The fourth-order valence-electron chi connectivity index (χ4n) is 3.98. The molecule has 1 N–H and O–H groups in total. The Morgan fingerprint density at radius 3 is 2.26 bits per heavy atom. The van der Waals surface area contributed by atoms with E-state index in [-0.39, 0.29) is 11.9 Å². The largest absolute Gasteiger partial charge is 0.427 e. The summed E-state index contributed by atoms with van der Waals surface area (Å²) in [5.41, 5.74) is 1.23. The van der Waals surface area contributed by atoms with Crippen molar-refractivity contribution in [1.82, 2.24) is 10.2 Å². The van der Waals surface area contributed by atoms with Crippen molar-refractivity contribution in [3.8, 4) is 5.75 Å². The number of ether oxygens (including phenoxy) is 1. The number of rotatable bonds is 4. The van der Waals surface area contributed by atoms with Crippen molar-refractivity contribution in [3.63, 3.8) is 0 Å². The molecule has 0 spiro atoms. The van der Waals surface area contributed by atoms with E-state index >= 15 is 0 Å². The third-order valence-corrected chi connectivity index (χ3v) is 4.84. The van der Waals surface area contributed by atoms with E-state index < -0.39 is 0 Å². The van der Waals surface area contributed by atoms with Crippen molar-refractivity contribution in [1.29, 1.82) is 0 Å². The number of benzene rings is 1. The summed E-state index contributed by atoms with van der Waals surface area (Å²) in [6.45, 7) is 3.92. The first-order chi connectivity index (χ1) is 11.0. The Kier molecular flexibility index (Phi) is 4.66. The van der Waals surface area contributed by atoms with Crippen LogP contribution in [0.1, 0.15) is 45.1 Å². The molecule has 0 saturated carbocycles. The van der Waals surface area contributed by atoms with Crippen LogP contribution in [-0.2, 0) is 16.1 Å². The van der Waals surface area contributed by atoms with Crippen molar-refractivity contribution in [2.45, 2.75) is 64.2 Å². The summed E-state index contributed by atoms with van der Waals surface area (Å²) >= 11 is 0. The van der Waals surface area contributed by atoms with Crippen LogP contribution in [0.2, 0.25) is 0 Å². The number of nitrogens with one attached hydrogen (secondary N) is 1. The molecule has 0 aliphatic carbocycles. The van der Waals surface area contributed by atoms with E-state index in [1.54, 1.807) is 6.92 Å². The number of fused-ring (bicyclic) bond motifs is 2. The van der Waals surface area contributed by atoms with Gasteiger partial charge in [-0.05, 0) is 43.4 Å². The Labute approximate surface area is 137 Å². The van der Waals surface area contributed by atoms with E-state index in [0.29, 0.717) is 23.9 Å². The van der Waals surface area contributed by atoms with Crippen LogP contribution in [0.15, 0.2) is 24.3 Å². The van der Waals surface area contributed by atoms with E-state index in [1.807, 2.05) is 24.3 Å². The molecule has 2 bridgehead atoms. The van der Waals surface area contributed by atoms with Crippen molar-refractivity contribution in [3.05, 3.63) is 29.8 Å². The molecule has 124 valence electrons. The van der Waals surface area contributed by atoms with Crippen LogP contribution in [0.5, 0.6) is 5.75 Å². The van der Waals surface area contributed by atoms with Gasteiger partial charge >= 0.3 is 5.97 Å². The van der Waals surface area contributed by atoms with Gasteiger partial charge in [-0.3, -0.25) is 14.5 Å². The van der Waals surface area contributed by atoms with Crippen LogP contribution >= 0.6 is 0 Å². The van der Waals surface area contributed by atoms with Gasteiger partial charge in [-0.25, -0.2) is 0 Å². The lowest BCUT2D eigenvalue weighted by molar-refractivity contribution is -0.131. The molecule has 2 saturated heterocycles. The number of piperidine rings is 1. The fourth-order valence-corrected chi connectivity index (χ4v) is 3.98. The number of carbonyl (C=O) groups is 2. The predicted molar refractivity (Wildman–Crippen MR) is 86.9 cm³/mol. The second kappa shape index (κ2) is 6.71. The molecule has 3 rings (SSSR count). The van der Waals surface area contributed by atoms with E-state index in [9.17, 15) is 9.59 Å². The molecule has 0 aromatic heterocycles. The van der Waals surface area contributed by atoms with Gasteiger partial charge in [0.1, 0.15) is 5.75 Å². The van der Waals surface area contributed by atoms with Crippen molar-refractivity contribution >= 4 is 11.9 Å². The highest BCUT2D eigenvalue weighted by atomic mass is 16.5. The Bertz CT molecular complexity index is 570. The fraction of sp³-hybridized carbons (Fsp3) is 0.556. The third-order valence-electron chi connectivity index (χ3n) is 4.84. The number of hydrogen-bond donors (Lipinski definition) is 1. The van der Waals surface area contributed by atoms with Crippen LogP contribution in [0, 0.1) is 0 Å². The van der Waals surface area contributed by atoms with Gasteiger partial charge in [-0.15, -0.1) is 0 Å². The molecule has 2 heterocycles. The number of amides is 1. The molecule has 5 heteroatoms. The third kappa shape index (κ3) is 3.91. The minimum absolute atomic E-state index is 0.0731. The van der Waals surface area contributed by atoms with Gasteiger partial charge in [0, 0.05) is 38.5 Å². The lowest BCUT2D eigenvalue weighted by atomic mass is 9.96. The van der Waals surface area contributed by atoms with Crippen molar-refractivity contribution < 1.29 is 14.3 Å². The molecular formula is C18H24N2O3. The summed E-state index contributed by atoms with van der Waals surface area (Å²) in [7, 11) is 0. The van der Waals surface area contributed by atoms with Crippen LogP contribution in [0.25, 0.3) is 0 Å². The number of carbonyl (C=O) groups excluding carboxylic acids is 2. The Balaban J connectivity index is 1.61. The maximum Gasteiger partial charge on any atom is 0.308 e. The SMILES string of the molecule is CC(=O)NC1CC2CCC(C1)N2Cc1ccc(OC(C)=O)cc1. The molecule has 2 aliphatic rings. The number of esters is 1. The van der Waals surface area contributed by atoms with E-state index in [4.69, 9.17) is 4.74 Å². The van der Waals surface area contributed by atoms with Crippen LogP contribution in [-0.4, -0.2) is 34.9 Å². The highest BCUT2D eigenvalue weighted by Crippen LogP contribution is 2.36. The summed E-state index contributed by atoms with van der Waals surface area (Å²) < 4.78 is 5.07. The van der Waals surface area contributed by atoms with Gasteiger partial charge in [0.25, 0.3) is 0 Å². The number of hydrogen-bond acceptors (Lipinski definition) is 4. The standard InChI is InChI=1S/C18H24N2O3/c1-12(21)19-15-9-16-5-6-17(10-15)20(16)11-14-3-7-18(8-4-14)23-13(2)22/h3-4,7-8,15-17H,5-6,9-11H2,1-2H3,(H,19,21). The zero-order chi connectivity index (χ0) is 16.4. The van der Waals surface area contributed by atoms with E-state index in [2.05, 4.69) is 10.2 Å². The highest BCUT2D eigenvalue weighted by molar-refractivity contribution is 5.73. The molecule has 0 radical (unpaired) electrons. The lowest BCUT2D eigenvalue weighted by Crippen LogP contribution is -2.49. The van der Waals surface area contributed by atoms with Gasteiger partial charge in [0.15, 0.2) is 0 Å². The first-order valence-corrected chi connectivity index (χ1v) is 8.31. The first kappa shape index (κ1) is 16.0. The molecule has 2 unspecified atom stereocenters. The van der Waals surface area contributed by atoms with Crippen LogP contribution < -0.4 is 10.1 Å². The quantitative estimate of drug-likeness (QED) is 0.684. The van der Waals surface area contributed by atoms with Gasteiger partial charge in [0.2, 0.25) is 5.91 Å². The first-order valence-electron chi connectivity index (χ1n) is 8.31. The average Bonchev–Trinajstić information content (AvgIpc) is 2.70. The average molecular weight is 316 g/mol. The molecule has 2 atom stereocenters. The molecule has 2 fully saturated rings. The van der Waals surface area contributed by atoms with Gasteiger partial charge in [-0.2, -0.15) is 0 Å². The van der Waals surface area contributed by atoms with Crippen LogP contribution in [0.3, 0.4) is 0 Å². The smallest absolute Gasteiger partial charge is 0.308 e. The zero-order valence-corrected chi connectivity index (χ0v) is 13.7. The lowest BCUT2D eigenvalue weighted by Gasteiger charge is -2.39. The zero-order valence-electron chi connectivity index (χ0n) is 13.7. The monoisotopic (exact) mass is 316 g/mol. The maximum atomic E-state index is 11.3. The molecule has 5 nitrogen and oxygen atoms in total. The Morgan fingerprint density at radius 2 is 1.74 bits per heavy atom. The Morgan fingerprint density at radius 1 is 1.13 bits per heavy atom. The van der Waals surface area contributed by atoms with E-state index in [1.165, 1.54) is 25.3 Å². The van der Waals surface area contributed by atoms with Crippen molar-refractivity contribution in [2.24, 2.45) is 0 Å². The van der Waals surface area contributed by atoms with Gasteiger partial charge in [-0.1, -0.05) is 12.1 Å². The molecule has 1 amide bonds. The summed E-state index contributed by atoms with van der Waals surface area (Å²) in [5, 5.41) is 3.08. The second-order valence-electron chi connectivity index (χ2n) is 6.66. The topological polar surface area (TPSA) is 58.6 Å². The highest BCUT2D eigenvalue weighted by Gasteiger charge is 2.40. The predicted octanol–water partition coefficient (Wildman–Crippen LogP) is 2.24. The van der Waals surface area contributed by atoms with Crippen molar-refractivity contribution in [2.75, 3.05) is 0 Å². The minimum atomic E-state index is -0.296. The maximum absolute atomic E-state index is 11.3. The van der Waals surface area contributed by atoms with Gasteiger partial charge < -0.3 is 10.1 Å². The molecule has 1 aromatic carbocycles. The molecule has 2 aliphatic heterocycles. The summed E-state index contributed by atoms with van der Waals surface area (Å²) in [6, 6.07) is 9.19. The molecule has 23 heavy (non-hydrogen) atoms. The summed E-state index contributed by atoms with van der Waals surface area (Å²) in [6.07, 6.45) is 4.52. The number of nitrogens with zero attached hydrogens (tertiary/aromatic N) is 1. The second-order valence-corrected chi connectivity index (χ2v) is 6.66. The van der Waals surface area contributed by atoms with Crippen LogP contribution in [0.4, 0.5) is 0 Å². The summed E-state index contributed by atoms with van der Waals surface area (Å²) in [4.78, 5) is 24.8. The molecule has 1 aromatic rings. The van der Waals surface area contributed by atoms with Gasteiger partial charge in [0.05, 0.1) is 0 Å². The van der Waals surface area contributed by atoms with E-state index in [0.717, 1.165) is 19.4 Å². The minimum Gasteiger partial charge on any atom is -0.427 e. The summed E-state index contributed by atoms with van der Waals surface area (Å²) in [5.74, 6) is 0.369.